The van der Waals surface area contributed by atoms with E-state index >= 15 is 0 Å². The van der Waals surface area contributed by atoms with Gasteiger partial charge >= 0.3 is 0 Å². The number of hydrogen-bond acceptors (Lipinski definition) is 4. The first-order chi connectivity index (χ1) is 9.67. The molecule has 0 spiro atoms. The standard InChI is InChI=1S/C14H19FN2O2S/c1-19-12-5-4-10(8-11(12)15)14-16-9-13(18)17(14)6-3-7-20-2/h4-5,8,14,16H,3,6-7,9H2,1-2H3. The lowest BCUT2D eigenvalue weighted by atomic mass is 10.1. The lowest BCUT2D eigenvalue weighted by Gasteiger charge is -2.24. The summed E-state index contributed by atoms with van der Waals surface area (Å²) in [7, 11) is 1.43. The van der Waals surface area contributed by atoms with Crippen molar-refractivity contribution in [2.45, 2.75) is 12.6 Å². The van der Waals surface area contributed by atoms with Crippen molar-refractivity contribution in [2.24, 2.45) is 0 Å². The summed E-state index contributed by atoms with van der Waals surface area (Å²) < 4.78 is 18.7. The predicted molar refractivity (Wildman–Crippen MR) is 78.4 cm³/mol. The molecule has 0 bridgehead atoms. The van der Waals surface area contributed by atoms with E-state index in [1.165, 1.54) is 13.2 Å². The van der Waals surface area contributed by atoms with Crippen molar-refractivity contribution < 1.29 is 13.9 Å². The number of nitrogens with zero attached hydrogens (tertiary/aromatic N) is 1. The van der Waals surface area contributed by atoms with E-state index in [-0.39, 0.29) is 17.8 Å². The zero-order chi connectivity index (χ0) is 14.5. The summed E-state index contributed by atoms with van der Waals surface area (Å²) in [4.78, 5) is 13.7. The van der Waals surface area contributed by atoms with Crippen LogP contribution < -0.4 is 10.1 Å². The van der Waals surface area contributed by atoms with Gasteiger partial charge in [0.1, 0.15) is 6.17 Å². The third-order valence-corrected chi connectivity index (χ3v) is 4.01. The van der Waals surface area contributed by atoms with Crippen molar-refractivity contribution in [3.05, 3.63) is 29.6 Å². The number of thioether (sulfide) groups is 1. The van der Waals surface area contributed by atoms with Gasteiger partial charge in [-0.05, 0) is 36.1 Å². The molecule has 1 aliphatic rings. The van der Waals surface area contributed by atoms with E-state index in [1.807, 2.05) is 6.26 Å². The highest BCUT2D eigenvalue weighted by Crippen LogP contribution is 2.26. The fourth-order valence-electron chi connectivity index (χ4n) is 2.32. The quantitative estimate of drug-likeness (QED) is 0.816. The van der Waals surface area contributed by atoms with Gasteiger partial charge in [-0.3, -0.25) is 10.1 Å². The Balaban J connectivity index is 2.13. The fraction of sp³-hybridized carbons (Fsp3) is 0.500. The van der Waals surface area contributed by atoms with Gasteiger partial charge in [0.25, 0.3) is 0 Å². The van der Waals surface area contributed by atoms with Gasteiger partial charge in [0, 0.05) is 6.54 Å². The Labute approximate surface area is 122 Å². The number of hydrogen-bond donors (Lipinski definition) is 1. The second-order valence-electron chi connectivity index (χ2n) is 4.61. The minimum atomic E-state index is -0.407. The number of rotatable bonds is 6. The van der Waals surface area contributed by atoms with E-state index in [0.29, 0.717) is 13.1 Å². The number of halogens is 1. The molecule has 6 heteroatoms. The number of ether oxygens (including phenoxy) is 1. The Bertz CT molecular complexity index is 484. The lowest BCUT2D eigenvalue weighted by Crippen LogP contribution is -2.31. The molecule has 2 rings (SSSR count). The summed E-state index contributed by atoms with van der Waals surface area (Å²) in [5, 5.41) is 3.13. The van der Waals surface area contributed by atoms with Crippen molar-refractivity contribution in [1.82, 2.24) is 10.2 Å². The summed E-state index contributed by atoms with van der Waals surface area (Å²) in [5.74, 6) is 0.877. The molecule has 0 aliphatic carbocycles. The molecule has 0 saturated carbocycles. The number of nitrogens with one attached hydrogen (secondary N) is 1. The topological polar surface area (TPSA) is 41.6 Å². The number of benzene rings is 1. The highest BCUT2D eigenvalue weighted by Gasteiger charge is 2.31. The predicted octanol–water partition coefficient (Wildman–Crippen LogP) is 2.02. The maximum Gasteiger partial charge on any atom is 0.238 e. The first-order valence-corrected chi connectivity index (χ1v) is 7.92. The molecule has 1 aliphatic heterocycles. The summed E-state index contributed by atoms with van der Waals surface area (Å²) in [6, 6.07) is 4.81. The number of methoxy groups -OCH3 is 1. The summed E-state index contributed by atoms with van der Waals surface area (Å²) in [5.41, 5.74) is 0.748. The minimum Gasteiger partial charge on any atom is -0.494 e. The van der Waals surface area contributed by atoms with Crippen LogP contribution in [0.25, 0.3) is 0 Å². The molecule has 20 heavy (non-hydrogen) atoms. The summed E-state index contributed by atoms with van der Waals surface area (Å²) >= 11 is 1.76. The Hall–Kier alpha value is -1.27. The van der Waals surface area contributed by atoms with E-state index in [1.54, 1.807) is 28.8 Å². The molecule has 0 aromatic heterocycles. The van der Waals surface area contributed by atoms with Crippen molar-refractivity contribution in [3.63, 3.8) is 0 Å². The van der Waals surface area contributed by atoms with Gasteiger partial charge in [0.15, 0.2) is 11.6 Å². The molecule has 1 aromatic carbocycles. The zero-order valence-corrected chi connectivity index (χ0v) is 12.5. The zero-order valence-electron chi connectivity index (χ0n) is 11.7. The molecular weight excluding hydrogens is 279 g/mol. The Morgan fingerprint density at radius 2 is 2.35 bits per heavy atom. The fourth-order valence-corrected chi connectivity index (χ4v) is 2.74. The van der Waals surface area contributed by atoms with Crippen LogP contribution in [0.4, 0.5) is 4.39 Å². The SMILES string of the molecule is COc1ccc(C2NCC(=O)N2CCCSC)cc1F. The van der Waals surface area contributed by atoms with Crippen LogP contribution in [-0.4, -0.2) is 43.0 Å². The highest BCUT2D eigenvalue weighted by atomic mass is 32.2. The van der Waals surface area contributed by atoms with E-state index in [9.17, 15) is 9.18 Å². The largest absolute Gasteiger partial charge is 0.494 e. The van der Waals surface area contributed by atoms with Gasteiger partial charge in [0.2, 0.25) is 5.91 Å². The van der Waals surface area contributed by atoms with Crippen LogP contribution in [0.15, 0.2) is 18.2 Å². The lowest BCUT2D eigenvalue weighted by molar-refractivity contribution is -0.128. The molecule has 1 heterocycles. The molecule has 1 saturated heterocycles. The van der Waals surface area contributed by atoms with Crippen molar-refractivity contribution in [2.75, 3.05) is 32.2 Å². The Morgan fingerprint density at radius 3 is 3.00 bits per heavy atom. The highest BCUT2D eigenvalue weighted by molar-refractivity contribution is 7.98. The van der Waals surface area contributed by atoms with Gasteiger partial charge in [-0.2, -0.15) is 11.8 Å². The maximum absolute atomic E-state index is 13.8. The normalized spacial score (nSPS) is 18.6. The number of carbonyl (C=O) groups excluding carboxylic acids is 1. The molecule has 1 N–H and O–H groups in total. The average Bonchev–Trinajstić information content (AvgIpc) is 2.80. The van der Waals surface area contributed by atoms with Crippen molar-refractivity contribution in [3.8, 4) is 5.75 Å². The van der Waals surface area contributed by atoms with Crippen LogP contribution in [0.1, 0.15) is 18.2 Å². The van der Waals surface area contributed by atoms with E-state index in [4.69, 9.17) is 4.74 Å². The first-order valence-electron chi connectivity index (χ1n) is 6.52. The van der Waals surface area contributed by atoms with Crippen LogP contribution in [-0.2, 0) is 4.79 Å². The van der Waals surface area contributed by atoms with E-state index < -0.39 is 5.82 Å². The Morgan fingerprint density at radius 1 is 1.55 bits per heavy atom. The molecule has 1 aromatic rings. The molecule has 1 unspecified atom stereocenters. The van der Waals surface area contributed by atoms with Crippen LogP contribution in [0.5, 0.6) is 5.75 Å². The van der Waals surface area contributed by atoms with Gasteiger partial charge in [-0.1, -0.05) is 6.07 Å². The molecule has 1 amide bonds. The molecule has 1 fully saturated rings. The smallest absolute Gasteiger partial charge is 0.238 e. The van der Waals surface area contributed by atoms with Crippen LogP contribution >= 0.6 is 11.8 Å². The molecule has 110 valence electrons. The van der Waals surface area contributed by atoms with E-state index in [0.717, 1.165) is 17.7 Å². The monoisotopic (exact) mass is 298 g/mol. The van der Waals surface area contributed by atoms with Crippen LogP contribution in [0.2, 0.25) is 0 Å². The maximum atomic E-state index is 13.8. The van der Waals surface area contributed by atoms with Crippen LogP contribution in [0.3, 0.4) is 0 Å². The molecular formula is C14H19FN2O2S. The number of amides is 1. The van der Waals surface area contributed by atoms with E-state index in [2.05, 4.69) is 5.32 Å². The minimum absolute atomic E-state index is 0.0623. The van der Waals surface area contributed by atoms with Crippen LogP contribution in [0, 0.1) is 5.82 Å². The molecule has 1 atom stereocenters. The van der Waals surface area contributed by atoms with Gasteiger partial charge < -0.3 is 9.64 Å². The molecule has 4 nitrogen and oxygen atoms in total. The molecule has 0 radical (unpaired) electrons. The number of carbonyl (C=O) groups is 1. The average molecular weight is 298 g/mol. The second kappa shape index (κ2) is 6.95. The Kier molecular flexibility index (Phi) is 5.25. The van der Waals surface area contributed by atoms with Gasteiger partial charge in [0.05, 0.1) is 13.7 Å². The third-order valence-electron chi connectivity index (χ3n) is 3.32. The van der Waals surface area contributed by atoms with Gasteiger partial charge in [-0.15, -0.1) is 0 Å². The van der Waals surface area contributed by atoms with Crippen molar-refractivity contribution in [1.29, 1.82) is 0 Å². The van der Waals surface area contributed by atoms with Crippen molar-refractivity contribution >= 4 is 17.7 Å². The third kappa shape index (κ3) is 3.24. The summed E-state index contributed by atoms with van der Waals surface area (Å²) in [6.45, 7) is 0.989. The first kappa shape index (κ1) is 15.1. The second-order valence-corrected chi connectivity index (χ2v) is 5.60. The van der Waals surface area contributed by atoms with Gasteiger partial charge in [-0.25, -0.2) is 4.39 Å². The summed E-state index contributed by atoms with van der Waals surface area (Å²) in [6.07, 6.45) is 2.73.